The minimum Gasteiger partial charge on any atom is -0.295 e. The predicted octanol–water partition coefficient (Wildman–Crippen LogP) is 4.80. The van der Waals surface area contributed by atoms with Gasteiger partial charge in [-0.2, -0.15) is 0 Å². The Kier molecular flexibility index (Phi) is 4.83. The number of hydrogen-bond acceptors (Lipinski definition) is 1. The maximum atomic E-state index is 2.46. The normalized spacial score (nSPS) is 21.3. The molecule has 0 saturated heterocycles. The van der Waals surface area contributed by atoms with Gasteiger partial charge in [0.1, 0.15) is 0 Å². The average molecular weight is 249 g/mol. The van der Waals surface area contributed by atoms with Crippen LogP contribution in [-0.4, -0.2) is 23.5 Å². The summed E-state index contributed by atoms with van der Waals surface area (Å²) in [7, 11) is 2.23. The summed E-state index contributed by atoms with van der Waals surface area (Å²) in [6.07, 6.45) is 10.8. The van der Waals surface area contributed by atoms with Crippen LogP contribution in [0, 0.1) is 5.41 Å². The first-order chi connectivity index (χ1) is 8.09. The zero-order chi connectivity index (χ0) is 14.0. The van der Waals surface area contributed by atoms with Gasteiger partial charge in [0, 0.05) is 11.6 Å². The number of rotatable bonds is 3. The molecule has 0 bridgehead atoms. The van der Waals surface area contributed by atoms with Crippen LogP contribution in [0.2, 0.25) is 0 Å². The predicted molar refractivity (Wildman–Crippen MR) is 81.8 cm³/mol. The van der Waals surface area contributed by atoms with E-state index in [1.165, 1.54) is 18.4 Å². The minimum atomic E-state index is 0.242. The zero-order valence-corrected chi connectivity index (χ0v) is 13.4. The van der Waals surface area contributed by atoms with E-state index < -0.39 is 0 Å². The van der Waals surface area contributed by atoms with Crippen LogP contribution in [0.4, 0.5) is 0 Å². The van der Waals surface area contributed by atoms with E-state index in [1.54, 1.807) is 0 Å². The Balaban J connectivity index is 2.50. The Morgan fingerprint density at radius 3 is 2.17 bits per heavy atom. The van der Waals surface area contributed by atoms with Crippen LogP contribution >= 0.6 is 0 Å². The van der Waals surface area contributed by atoms with Gasteiger partial charge >= 0.3 is 0 Å². The second-order valence-corrected chi connectivity index (χ2v) is 7.78. The first-order valence-corrected chi connectivity index (χ1v) is 7.20. The monoisotopic (exact) mass is 249 g/mol. The maximum Gasteiger partial charge on any atom is 0.0318 e. The molecular formula is C17H31N. The Bertz CT molecular complexity index is 322. The summed E-state index contributed by atoms with van der Waals surface area (Å²) >= 11 is 0. The lowest BCUT2D eigenvalue weighted by atomic mass is 9.87. The maximum absolute atomic E-state index is 2.46. The van der Waals surface area contributed by atoms with Crippen molar-refractivity contribution in [3.63, 3.8) is 0 Å². The SMILES string of the molecule is CN(C1C=CC(CCC(C)(C)C)=CC1)C(C)(C)C. The molecular weight excluding hydrogens is 218 g/mol. The fourth-order valence-electron chi connectivity index (χ4n) is 2.14. The van der Waals surface area contributed by atoms with Gasteiger partial charge in [0.05, 0.1) is 0 Å². The van der Waals surface area contributed by atoms with Gasteiger partial charge in [-0.25, -0.2) is 0 Å². The first kappa shape index (κ1) is 15.5. The van der Waals surface area contributed by atoms with Crippen LogP contribution in [-0.2, 0) is 0 Å². The zero-order valence-electron chi connectivity index (χ0n) is 13.4. The summed E-state index contributed by atoms with van der Waals surface area (Å²) in [6.45, 7) is 13.8. The minimum absolute atomic E-state index is 0.242. The lowest BCUT2D eigenvalue weighted by Gasteiger charge is -2.38. The molecule has 1 heteroatoms. The molecule has 0 fully saturated rings. The van der Waals surface area contributed by atoms with Crippen molar-refractivity contribution >= 4 is 0 Å². The van der Waals surface area contributed by atoms with Crippen molar-refractivity contribution in [1.82, 2.24) is 4.90 Å². The third-order valence-electron chi connectivity index (χ3n) is 3.87. The Labute approximate surface area is 114 Å². The van der Waals surface area contributed by atoms with Gasteiger partial charge in [-0.3, -0.25) is 4.90 Å². The van der Waals surface area contributed by atoms with Crippen molar-refractivity contribution in [1.29, 1.82) is 0 Å². The lowest BCUT2D eigenvalue weighted by molar-refractivity contribution is 0.141. The van der Waals surface area contributed by atoms with Crippen LogP contribution < -0.4 is 0 Å². The van der Waals surface area contributed by atoms with Crippen LogP contribution in [0.5, 0.6) is 0 Å². The molecule has 0 aromatic carbocycles. The molecule has 0 spiro atoms. The second kappa shape index (κ2) is 5.61. The number of allylic oxidation sites excluding steroid dienone is 2. The molecule has 0 N–H and O–H groups in total. The molecule has 1 nitrogen and oxygen atoms in total. The molecule has 0 amide bonds. The van der Waals surface area contributed by atoms with E-state index in [9.17, 15) is 0 Å². The van der Waals surface area contributed by atoms with Gasteiger partial charge in [0.2, 0.25) is 0 Å². The van der Waals surface area contributed by atoms with Crippen molar-refractivity contribution in [3.8, 4) is 0 Å². The van der Waals surface area contributed by atoms with E-state index in [2.05, 4.69) is 71.7 Å². The molecule has 104 valence electrons. The number of nitrogens with zero attached hydrogens (tertiary/aromatic N) is 1. The molecule has 0 radical (unpaired) electrons. The second-order valence-electron chi connectivity index (χ2n) is 7.78. The van der Waals surface area contributed by atoms with Gasteiger partial charge in [-0.1, -0.05) is 44.6 Å². The van der Waals surface area contributed by atoms with Gasteiger partial charge in [-0.15, -0.1) is 0 Å². The summed E-state index contributed by atoms with van der Waals surface area (Å²) in [5.74, 6) is 0. The van der Waals surface area contributed by atoms with Crippen LogP contribution in [0.3, 0.4) is 0 Å². The van der Waals surface area contributed by atoms with Crippen LogP contribution in [0.1, 0.15) is 60.8 Å². The Hall–Kier alpha value is -0.560. The van der Waals surface area contributed by atoms with Gasteiger partial charge in [0.25, 0.3) is 0 Å². The van der Waals surface area contributed by atoms with E-state index in [-0.39, 0.29) is 5.54 Å². The summed E-state index contributed by atoms with van der Waals surface area (Å²) in [4.78, 5) is 2.46. The summed E-state index contributed by atoms with van der Waals surface area (Å²) in [6, 6.07) is 0.559. The lowest BCUT2D eigenvalue weighted by Crippen LogP contribution is -2.44. The fourth-order valence-corrected chi connectivity index (χ4v) is 2.14. The van der Waals surface area contributed by atoms with E-state index >= 15 is 0 Å². The average Bonchev–Trinajstić information content (AvgIpc) is 2.24. The summed E-state index contributed by atoms with van der Waals surface area (Å²) in [5, 5.41) is 0. The molecule has 1 rings (SSSR count). The third kappa shape index (κ3) is 4.97. The van der Waals surface area contributed by atoms with Crippen molar-refractivity contribution in [3.05, 3.63) is 23.8 Å². The highest BCUT2D eigenvalue weighted by Gasteiger charge is 2.24. The highest BCUT2D eigenvalue weighted by Crippen LogP contribution is 2.27. The fraction of sp³-hybridized carbons (Fsp3) is 0.765. The van der Waals surface area contributed by atoms with Gasteiger partial charge < -0.3 is 0 Å². The smallest absolute Gasteiger partial charge is 0.0318 e. The molecule has 0 aromatic rings. The summed E-state index contributed by atoms with van der Waals surface area (Å²) in [5.41, 5.74) is 2.20. The largest absolute Gasteiger partial charge is 0.295 e. The molecule has 0 aromatic heterocycles. The Morgan fingerprint density at radius 2 is 1.78 bits per heavy atom. The van der Waals surface area contributed by atoms with Crippen molar-refractivity contribution in [2.24, 2.45) is 5.41 Å². The van der Waals surface area contributed by atoms with Crippen LogP contribution in [0.25, 0.3) is 0 Å². The molecule has 0 aliphatic heterocycles. The van der Waals surface area contributed by atoms with Crippen molar-refractivity contribution < 1.29 is 0 Å². The van der Waals surface area contributed by atoms with Crippen LogP contribution in [0.15, 0.2) is 23.8 Å². The molecule has 1 aliphatic rings. The van der Waals surface area contributed by atoms with E-state index in [0.29, 0.717) is 11.5 Å². The molecule has 0 heterocycles. The highest BCUT2D eigenvalue weighted by molar-refractivity contribution is 5.25. The Morgan fingerprint density at radius 1 is 1.17 bits per heavy atom. The van der Waals surface area contributed by atoms with E-state index in [0.717, 1.165) is 6.42 Å². The van der Waals surface area contributed by atoms with Gasteiger partial charge in [-0.05, 0) is 52.5 Å². The molecule has 0 saturated carbocycles. The number of likely N-dealkylation sites (N-methyl/N-ethyl adjacent to an activating group) is 1. The standard InChI is InChI=1S/C17H31N/c1-16(2,3)13-12-14-8-10-15(11-9-14)18(7)17(4,5)6/h8-10,15H,11-13H2,1-7H3. The van der Waals surface area contributed by atoms with E-state index in [4.69, 9.17) is 0 Å². The van der Waals surface area contributed by atoms with Gasteiger partial charge in [0.15, 0.2) is 0 Å². The summed E-state index contributed by atoms with van der Waals surface area (Å²) < 4.78 is 0. The first-order valence-electron chi connectivity index (χ1n) is 7.20. The quantitative estimate of drug-likeness (QED) is 0.694. The highest BCUT2D eigenvalue weighted by atomic mass is 15.2. The van der Waals surface area contributed by atoms with E-state index in [1.807, 2.05) is 0 Å². The molecule has 1 aliphatic carbocycles. The third-order valence-corrected chi connectivity index (χ3v) is 3.87. The topological polar surface area (TPSA) is 3.24 Å². The van der Waals surface area contributed by atoms with Crippen molar-refractivity contribution in [2.75, 3.05) is 7.05 Å². The molecule has 1 atom stereocenters. The molecule has 1 unspecified atom stereocenters. The number of hydrogen-bond donors (Lipinski definition) is 0. The molecule has 18 heavy (non-hydrogen) atoms. The van der Waals surface area contributed by atoms with Crippen molar-refractivity contribution in [2.45, 2.75) is 72.4 Å².